The molecule has 36 heavy (non-hydrogen) atoms. The lowest BCUT2D eigenvalue weighted by Gasteiger charge is -2.16. The summed E-state index contributed by atoms with van der Waals surface area (Å²) in [5.74, 6) is -1.58. The van der Waals surface area contributed by atoms with Gasteiger partial charge in [-0.3, -0.25) is 19.0 Å². The zero-order chi connectivity index (χ0) is 26.5. The quantitative estimate of drug-likeness (QED) is 0.341. The fourth-order valence-electron chi connectivity index (χ4n) is 3.85. The largest absolute Gasteiger partial charge is 0.365 e. The van der Waals surface area contributed by atoms with Gasteiger partial charge in [0.15, 0.2) is 0 Å². The number of carbonyl (C=O) groups is 2. The first-order chi connectivity index (χ1) is 16.9. The van der Waals surface area contributed by atoms with Gasteiger partial charge in [-0.25, -0.2) is 22.5 Å². The van der Waals surface area contributed by atoms with Gasteiger partial charge in [0.05, 0.1) is 11.9 Å². The van der Waals surface area contributed by atoms with Crippen molar-refractivity contribution in [2.45, 2.75) is 39.7 Å². The predicted molar refractivity (Wildman–Crippen MR) is 125 cm³/mol. The van der Waals surface area contributed by atoms with E-state index in [-0.39, 0.29) is 26.3 Å². The number of fused-ring (bicyclic) bond motifs is 1. The number of anilines is 1. The molecule has 4 aromatic rings. The number of aromatic nitrogens is 5. The van der Waals surface area contributed by atoms with Crippen molar-refractivity contribution in [3.63, 3.8) is 0 Å². The third-order valence-electron chi connectivity index (χ3n) is 5.81. The zero-order valence-electron chi connectivity index (χ0n) is 19.5. The molecule has 0 fully saturated rings. The Balaban J connectivity index is 1.88. The summed E-state index contributed by atoms with van der Waals surface area (Å²) in [7, 11) is 1.68. The average molecular weight is 524 g/mol. The lowest BCUT2D eigenvalue weighted by Crippen LogP contribution is -2.26. The molecule has 9 nitrogen and oxygen atoms in total. The number of thiophene rings is 1. The smallest absolute Gasteiger partial charge is 0.282 e. The predicted octanol–water partition coefficient (Wildman–Crippen LogP) is 4.68. The van der Waals surface area contributed by atoms with Crippen LogP contribution in [0.5, 0.6) is 0 Å². The van der Waals surface area contributed by atoms with Crippen LogP contribution in [-0.2, 0) is 11.8 Å². The molecule has 4 aromatic heterocycles. The Morgan fingerprint density at radius 1 is 1.08 bits per heavy atom. The van der Waals surface area contributed by atoms with Gasteiger partial charge in [-0.05, 0) is 38.5 Å². The molecule has 190 valence electrons. The molecule has 0 aliphatic rings. The van der Waals surface area contributed by atoms with E-state index in [1.54, 1.807) is 18.7 Å². The Bertz CT molecular complexity index is 1490. The highest BCUT2D eigenvalue weighted by Crippen LogP contribution is 2.43. The second-order valence-electron chi connectivity index (χ2n) is 8.13. The molecule has 0 spiro atoms. The van der Waals surface area contributed by atoms with E-state index in [0.29, 0.717) is 17.0 Å². The van der Waals surface area contributed by atoms with Crippen LogP contribution < -0.4 is 11.1 Å². The van der Waals surface area contributed by atoms with Crippen LogP contribution in [0.15, 0.2) is 18.3 Å². The summed E-state index contributed by atoms with van der Waals surface area (Å²) >= 11 is 0.763. The standard InChI is InChI=1S/C22H21F4N7O2S/c1-8-5-14(19(25)26)31-33(8)10(3)21(35)30-16-15-11(12-7-28-32(4)9(12)2)6-13(18(23)24)29-22(15)36-17(16)20(27)34/h5-7,10,18-19H,1-4H3,(H2,27,34)(H,30,35). The summed E-state index contributed by atoms with van der Waals surface area (Å²) < 4.78 is 56.2. The maximum absolute atomic E-state index is 13.7. The van der Waals surface area contributed by atoms with E-state index in [4.69, 9.17) is 5.73 Å². The summed E-state index contributed by atoms with van der Waals surface area (Å²) in [4.78, 5) is 29.4. The number of amides is 2. The SMILES string of the molecule is Cc1c(-c2cc(C(F)F)nc3sc(C(N)=O)c(NC(=O)C(C)n4nc(C(F)F)cc4C)c23)cnn1C. The van der Waals surface area contributed by atoms with Crippen molar-refractivity contribution in [2.24, 2.45) is 12.8 Å². The van der Waals surface area contributed by atoms with Gasteiger partial charge in [-0.2, -0.15) is 10.2 Å². The molecule has 0 saturated carbocycles. The molecule has 1 unspecified atom stereocenters. The molecule has 0 aromatic carbocycles. The summed E-state index contributed by atoms with van der Waals surface area (Å²) in [5.41, 5.74) is 6.29. The molecule has 3 N–H and O–H groups in total. The van der Waals surface area contributed by atoms with Crippen LogP contribution in [-0.4, -0.2) is 36.4 Å². The van der Waals surface area contributed by atoms with E-state index in [0.717, 1.165) is 16.0 Å². The van der Waals surface area contributed by atoms with E-state index in [9.17, 15) is 27.2 Å². The molecule has 0 aliphatic carbocycles. The first-order valence-electron chi connectivity index (χ1n) is 10.6. The Kier molecular flexibility index (Phi) is 6.56. The van der Waals surface area contributed by atoms with Crippen LogP contribution >= 0.6 is 11.3 Å². The Morgan fingerprint density at radius 2 is 1.75 bits per heavy atom. The maximum atomic E-state index is 13.7. The summed E-state index contributed by atoms with van der Waals surface area (Å²) in [5, 5.41) is 10.8. The van der Waals surface area contributed by atoms with Crippen LogP contribution in [0.4, 0.5) is 23.2 Å². The first-order valence-corrected chi connectivity index (χ1v) is 11.4. The highest BCUT2D eigenvalue weighted by molar-refractivity contribution is 7.21. The molecule has 1 atom stereocenters. The van der Waals surface area contributed by atoms with Gasteiger partial charge in [0.25, 0.3) is 18.8 Å². The average Bonchev–Trinajstić information content (AvgIpc) is 3.48. The molecule has 0 bridgehead atoms. The topological polar surface area (TPSA) is 121 Å². The molecule has 2 amide bonds. The van der Waals surface area contributed by atoms with Gasteiger partial charge in [0, 0.05) is 29.4 Å². The molecule has 4 rings (SSSR count). The summed E-state index contributed by atoms with van der Waals surface area (Å²) in [6.07, 6.45) is -4.23. The molecule has 0 saturated heterocycles. The lowest BCUT2D eigenvalue weighted by atomic mass is 10.0. The number of nitrogens with zero attached hydrogens (tertiary/aromatic N) is 5. The monoisotopic (exact) mass is 523 g/mol. The fraction of sp³-hybridized carbons (Fsp3) is 0.318. The van der Waals surface area contributed by atoms with Crippen LogP contribution in [0.1, 0.15) is 58.3 Å². The number of hydrogen-bond donors (Lipinski definition) is 2. The van der Waals surface area contributed by atoms with Crippen molar-refractivity contribution in [1.82, 2.24) is 24.5 Å². The summed E-state index contributed by atoms with van der Waals surface area (Å²) in [6, 6.07) is 1.30. The highest BCUT2D eigenvalue weighted by Gasteiger charge is 2.28. The highest BCUT2D eigenvalue weighted by atomic mass is 32.1. The third-order valence-corrected chi connectivity index (χ3v) is 6.91. The zero-order valence-corrected chi connectivity index (χ0v) is 20.3. The van der Waals surface area contributed by atoms with Crippen molar-refractivity contribution in [3.05, 3.63) is 46.0 Å². The Morgan fingerprint density at radius 3 is 2.28 bits per heavy atom. The molecule has 0 radical (unpaired) electrons. The van der Waals surface area contributed by atoms with E-state index in [1.165, 1.54) is 32.2 Å². The number of halogens is 4. The minimum Gasteiger partial charge on any atom is -0.365 e. The minimum atomic E-state index is -2.89. The third kappa shape index (κ3) is 4.32. The normalized spacial score (nSPS) is 12.6. The molecular weight excluding hydrogens is 502 g/mol. The van der Waals surface area contributed by atoms with E-state index in [1.807, 2.05) is 0 Å². The minimum absolute atomic E-state index is 0.00943. The maximum Gasteiger partial charge on any atom is 0.282 e. The van der Waals surface area contributed by atoms with Gasteiger partial charge in [0.2, 0.25) is 5.91 Å². The Hall–Kier alpha value is -3.81. The van der Waals surface area contributed by atoms with Gasteiger partial charge in [0.1, 0.15) is 27.1 Å². The fourth-order valence-corrected chi connectivity index (χ4v) is 4.86. The number of aryl methyl sites for hydroxylation is 2. The number of hydrogen-bond acceptors (Lipinski definition) is 6. The van der Waals surface area contributed by atoms with Crippen LogP contribution in [0, 0.1) is 13.8 Å². The van der Waals surface area contributed by atoms with Gasteiger partial charge >= 0.3 is 0 Å². The van der Waals surface area contributed by atoms with Crippen LogP contribution in [0.25, 0.3) is 21.3 Å². The number of alkyl halides is 4. The first kappa shape index (κ1) is 25.3. The molecule has 0 aliphatic heterocycles. The number of nitrogens with one attached hydrogen (secondary N) is 1. The lowest BCUT2D eigenvalue weighted by molar-refractivity contribution is -0.119. The van der Waals surface area contributed by atoms with Crippen molar-refractivity contribution in [1.29, 1.82) is 0 Å². The summed E-state index contributed by atoms with van der Waals surface area (Å²) in [6.45, 7) is 4.71. The van der Waals surface area contributed by atoms with Crippen molar-refractivity contribution < 1.29 is 27.2 Å². The van der Waals surface area contributed by atoms with Crippen LogP contribution in [0.2, 0.25) is 0 Å². The number of pyridine rings is 1. The second-order valence-corrected chi connectivity index (χ2v) is 9.13. The van der Waals surface area contributed by atoms with E-state index < -0.39 is 42.1 Å². The van der Waals surface area contributed by atoms with Gasteiger partial charge in [-0.15, -0.1) is 11.3 Å². The van der Waals surface area contributed by atoms with Gasteiger partial charge < -0.3 is 11.1 Å². The number of rotatable bonds is 7. The van der Waals surface area contributed by atoms with Crippen molar-refractivity contribution >= 4 is 39.1 Å². The second kappa shape index (κ2) is 9.33. The number of carbonyl (C=O) groups excluding carboxylic acids is 2. The molecule has 4 heterocycles. The Labute approximate surface area is 205 Å². The van der Waals surface area contributed by atoms with Gasteiger partial charge in [-0.1, -0.05) is 0 Å². The number of primary amides is 1. The van der Waals surface area contributed by atoms with Crippen LogP contribution in [0.3, 0.4) is 0 Å². The molecular formula is C22H21F4N7O2S. The van der Waals surface area contributed by atoms with Crippen molar-refractivity contribution in [2.75, 3.05) is 5.32 Å². The van der Waals surface area contributed by atoms with Crippen molar-refractivity contribution in [3.8, 4) is 11.1 Å². The number of nitrogens with two attached hydrogens (primary N) is 1. The van der Waals surface area contributed by atoms with E-state index >= 15 is 0 Å². The molecule has 14 heteroatoms. The van der Waals surface area contributed by atoms with E-state index in [2.05, 4.69) is 20.5 Å².